The zero-order valence-corrected chi connectivity index (χ0v) is 12.7. The quantitative estimate of drug-likeness (QED) is 0.910. The molecular weight excluding hydrogens is 284 g/mol. The molecule has 2 aromatic heterocycles. The number of thiophene rings is 1. The average molecular weight is 302 g/mol. The van der Waals surface area contributed by atoms with Crippen LogP contribution in [0.2, 0.25) is 0 Å². The zero-order chi connectivity index (χ0) is 14.8. The molecule has 1 aliphatic rings. The number of carbonyl (C=O) groups is 1. The Morgan fingerprint density at radius 3 is 3.19 bits per heavy atom. The second-order valence-electron chi connectivity index (χ2n) is 5.40. The molecule has 5 heteroatoms. The van der Waals surface area contributed by atoms with E-state index in [-0.39, 0.29) is 17.5 Å². The Morgan fingerprint density at radius 2 is 2.43 bits per heavy atom. The lowest BCUT2D eigenvalue weighted by molar-refractivity contribution is 0.102. The number of hydrogen-bond acceptors (Lipinski definition) is 4. The van der Waals surface area contributed by atoms with Gasteiger partial charge >= 0.3 is 0 Å². The van der Waals surface area contributed by atoms with Crippen LogP contribution in [0, 0.1) is 5.92 Å². The van der Waals surface area contributed by atoms with Crippen LogP contribution in [0.25, 0.3) is 0 Å². The molecule has 2 heterocycles. The van der Waals surface area contributed by atoms with Crippen molar-refractivity contribution in [3.8, 4) is 5.75 Å². The Hall–Kier alpha value is -1.88. The number of aryl methyl sites for hydroxylation is 1. The highest BCUT2D eigenvalue weighted by Gasteiger charge is 2.22. The van der Waals surface area contributed by atoms with Crippen LogP contribution in [0.5, 0.6) is 5.75 Å². The minimum absolute atomic E-state index is 0.0155. The lowest BCUT2D eigenvalue weighted by Gasteiger charge is -2.19. The smallest absolute Gasteiger partial charge is 0.267 e. The van der Waals surface area contributed by atoms with Crippen molar-refractivity contribution in [3.63, 3.8) is 0 Å². The number of nitrogens with one attached hydrogen (secondary N) is 1. The van der Waals surface area contributed by atoms with E-state index in [1.165, 1.54) is 29.3 Å². The first kappa shape index (κ1) is 14.1. The third-order valence-electron chi connectivity index (χ3n) is 4.00. The van der Waals surface area contributed by atoms with Gasteiger partial charge in [-0.1, -0.05) is 13.3 Å². The van der Waals surface area contributed by atoms with E-state index in [0.717, 1.165) is 18.8 Å². The van der Waals surface area contributed by atoms with Crippen LogP contribution in [0.4, 0.5) is 5.82 Å². The summed E-state index contributed by atoms with van der Waals surface area (Å²) in [5.41, 5.74) is 1.31. The maximum Gasteiger partial charge on any atom is 0.267 e. The number of aromatic nitrogens is 1. The third kappa shape index (κ3) is 2.93. The van der Waals surface area contributed by atoms with E-state index in [1.807, 2.05) is 6.07 Å². The van der Waals surface area contributed by atoms with Gasteiger partial charge in [0.15, 0.2) is 11.6 Å². The summed E-state index contributed by atoms with van der Waals surface area (Å²) >= 11 is 1.56. The second kappa shape index (κ2) is 5.85. The fourth-order valence-corrected chi connectivity index (χ4v) is 3.83. The molecule has 3 rings (SSSR count). The molecule has 0 aromatic carbocycles. The molecule has 2 N–H and O–H groups in total. The van der Waals surface area contributed by atoms with Gasteiger partial charge in [-0.2, -0.15) is 0 Å². The van der Waals surface area contributed by atoms with Gasteiger partial charge in [0, 0.05) is 11.1 Å². The highest BCUT2D eigenvalue weighted by Crippen LogP contribution is 2.34. The summed E-state index contributed by atoms with van der Waals surface area (Å²) in [4.78, 5) is 18.3. The summed E-state index contributed by atoms with van der Waals surface area (Å²) in [6.07, 6.45) is 6.09. The Bertz CT molecular complexity index is 666. The van der Waals surface area contributed by atoms with Gasteiger partial charge in [0.1, 0.15) is 0 Å². The largest absolute Gasteiger partial charge is 0.504 e. The van der Waals surface area contributed by atoms with E-state index in [0.29, 0.717) is 4.88 Å². The topological polar surface area (TPSA) is 62.2 Å². The predicted molar refractivity (Wildman–Crippen MR) is 84.0 cm³/mol. The minimum atomic E-state index is -0.198. The van der Waals surface area contributed by atoms with Gasteiger partial charge in [-0.25, -0.2) is 4.98 Å². The Morgan fingerprint density at radius 1 is 1.57 bits per heavy atom. The number of anilines is 1. The number of fused-ring (bicyclic) bond motifs is 1. The maximum absolute atomic E-state index is 12.3. The highest BCUT2D eigenvalue weighted by atomic mass is 32.1. The van der Waals surface area contributed by atoms with Crippen LogP contribution < -0.4 is 5.32 Å². The van der Waals surface area contributed by atoms with Gasteiger partial charge < -0.3 is 10.4 Å². The highest BCUT2D eigenvalue weighted by molar-refractivity contribution is 7.14. The first-order valence-electron chi connectivity index (χ1n) is 7.24. The van der Waals surface area contributed by atoms with Crippen molar-refractivity contribution >= 4 is 23.1 Å². The Labute approximate surface area is 127 Å². The molecule has 0 radical (unpaired) electrons. The molecule has 0 unspecified atom stereocenters. The fourth-order valence-electron chi connectivity index (χ4n) is 2.72. The van der Waals surface area contributed by atoms with Crippen LogP contribution in [-0.2, 0) is 12.8 Å². The molecule has 110 valence electrons. The predicted octanol–water partition coefficient (Wildman–Crippen LogP) is 3.62. The lowest BCUT2D eigenvalue weighted by atomic mass is 9.87. The monoisotopic (exact) mass is 302 g/mol. The molecule has 21 heavy (non-hydrogen) atoms. The third-order valence-corrected chi connectivity index (χ3v) is 5.24. The molecule has 0 saturated heterocycles. The van der Waals surface area contributed by atoms with E-state index in [9.17, 15) is 9.90 Å². The zero-order valence-electron chi connectivity index (χ0n) is 11.9. The Balaban J connectivity index is 1.77. The summed E-state index contributed by atoms with van der Waals surface area (Å²) in [5, 5.41) is 12.3. The van der Waals surface area contributed by atoms with Crippen LogP contribution in [-0.4, -0.2) is 16.0 Å². The van der Waals surface area contributed by atoms with Crippen LogP contribution in [0.15, 0.2) is 24.4 Å². The normalized spacial score (nSPS) is 17.3. The van der Waals surface area contributed by atoms with Crippen molar-refractivity contribution in [2.75, 3.05) is 5.32 Å². The summed E-state index contributed by atoms with van der Waals surface area (Å²) in [6, 6.07) is 5.13. The first-order valence-corrected chi connectivity index (χ1v) is 8.06. The van der Waals surface area contributed by atoms with E-state index in [2.05, 4.69) is 17.2 Å². The maximum atomic E-state index is 12.3. The number of amides is 1. The Kier molecular flexibility index (Phi) is 3.92. The van der Waals surface area contributed by atoms with Gasteiger partial charge in [-0.05, 0) is 48.9 Å². The number of hydrogen-bond donors (Lipinski definition) is 2. The standard InChI is InChI=1S/C16H18N2O2S/c1-2-10-5-6-13-11(8-10)9-14(21-13)16(20)18-15-12(19)4-3-7-17-15/h3-4,7,9-10,19H,2,5-6,8H2,1H3,(H,17,18,20)/t10-/m1/s1. The van der Waals surface area contributed by atoms with Crippen molar-refractivity contribution < 1.29 is 9.90 Å². The molecule has 1 amide bonds. The van der Waals surface area contributed by atoms with E-state index in [4.69, 9.17) is 0 Å². The lowest BCUT2D eigenvalue weighted by Crippen LogP contribution is -2.11. The van der Waals surface area contributed by atoms with E-state index < -0.39 is 0 Å². The molecule has 4 nitrogen and oxygen atoms in total. The number of pyridine rings is 1. The SMILES string of the molecule is CC[C@@H]1CCc2sc(C(=O)Nc3ncccc3O)cc2C1. The average Bonchev–Trinajstić information content (AvgIpc) is 2.92. The van der Waals surface area contributed by atoms with E-state index in [1.54, 1.807) is 23.6 Å². The van der Waals surface area contributed by atoms with Crippen molar-refractivity contribution in [1.29, 1.82) is 0 Å². The molecule has 2 aromatic rings. The van der Waals surface area contributed by atoms with Crippen molar-refractivity contribution in [2.45, 2.75) is 32.6 Å². The summed E-state index contributed by atoms with van der Waals surface area (Å²) in [6.45, 7) is 2.22. The molecule has 0 saturated carbocycles. The van der Waals surface area contributed by atoms with Gasteiger partial charge in [-0.3, -0.25) is 4.79 Å². The minimum Gasteiger partial charge on any atom is -0.504 e. The number of nitrogens with zero attached hydrogens (tertiary/aromatic N) is 1. The molecular formula is C16H18N2O2S. The molecule has 0 bridgehead atoms. The van der Waals surface area contributed by atoms with Gasteiger partial charge in [0.25, 0.3) is 5.91 Å². The number of aromatic hydroxyl groups is 1. The van der Waals surface area contributed by atoms with Crippen molar-refractivity contribution in [1.82, 2.24) is 4.98 Å². The molecule has 1 atom stereocenters. The number of carbonyl (C=O) groups excluding carboxylic acids is 1. The van der Waals surface area contributed by atoms with Crippen LogP contribution in [0.1, 0.15) is 39.9 Å². The molecule has 0 fully saturated rings. The first-order chi connectivity index (χ1) is 10.2. The molecule has 0 spiro atoms. The fraction of sp³-hybridized carbons (Fsp3) is 0.375. The summed E-state index contributed by atoms with van der Waals surface area (Å²) in [7, 11) is 0. The summed E-state index contributed by atoms with van der Waals surface area (Å²) in [5.74, 6) is 0.734. The van der Waals surface area contributed by atoms with Gasteiger partial charge in [0.05, 0.1) is 4.88 Å². The molecule has 1 aliphatic carbocycles. The van der Waals surface area contributed by atoms with E-state index >= 15 is 0 Å². The molecule has 0 aliphatic heterocycles. The van der Waals surface area contributed by atoms with Crippen molar-refractivity contribution in [2.24, 2.45) is 5.92 Å². The van der Waals surface area contributed by atoms with Crippen molar-refractivity contribution in [3.05, 3.63) is 39.7 Å². The second-order valence-corrected chi connectivity index (χ2v) is 6.54. The van der Waals surface area contributed by atoms with Crippen LogP contribution >= 0.6 is 11.3 Å². The van der Waals surface area contributed by atoms with Crippen LogP contribution in [0.3, 0.4) is 0 Å². The number of rotatable bonds is 3. The van der Waals surface area contributed by atoms with Gasteiger partial charge in [0.2, 0.25) is 0 Å². The van der Waals surface area contributed by atoms with Gasteiger partial charge in [-0.15, -0.1) is 11.3 Å². The summed E-state index contributed by atoms with van der Waals surface area (Å²) < 4.78 is 0.